The zero-order chi connectivity index (χ0) is 14.7. The number of nitrogens with zero attached hydrogens (tertiary/aromatic N) is 2. The van der Waals surface area contributed by atoms with Crippen molar-refractivity contribution in [3.8, 4) is 0 Å². The molecule has 1 saturated heterocycles. The lowest BCUT2D eigenvalue weighted by molar-refractivity contribution is 0.314. The minimum Gasteiger partial charge on any atom is -0.339 e. The second-order valence-electron chi connectivity index (χ2n) is 5.43. The highest BCUT2D eigenvalue weighted by atomic mass is 19.1. The summed E-state index contributed by atoms with van der Waals surface area (Å²) in [6, 6.07) is 3.50. The summed E-state index contributed by atoms with van der Waals surface area (Å²) in [4.78, 5) is 4.30. The lowest BCUT2D eigenvalue weighted by Gasteiger charge is -2.20. The van der Waals surface area contributed by atoms with Crippen LogP contribution in [0.5, 0.6) is 0 Å². The molecule has 0 radical (unpaired) electrons. The van der Waals surface area contributed by atoms with Crippen LogP contribution in [0, 0.1) is 17.6 Å². The van der Waals surface area contributed by atoms with Gasteiger partial charge in [-0.05, 0) is 43.5 Å². The summed E-state index contributed by atoms with van der Waals surface area (Å²) in [6.07, 6.45) is 3.26. The Morgan fingerprint density at radius 2 is 2.24 bits per heavy atom. The highest BCUT2D eigenvalue weighted by Crippen LogP contribution is 2.17. The molecule has 1 aliphatic rings. The molecule has 1 atom stereocenters. The number of aromatic nitrogens is 2. The largest absolute Gasteiger partial charge is 0.339 e. The molecule has 1 aliphatic heterocycles. The van der Waals surface area contributed by atoms with Gasteiger partial charge in [0.05, 0.1) is 0 Å². The Hall–Kier alpha value is -1.82. The van der Waals surface area contributed by atoms with Crippen LogP contribution >= 0.6 is 0 Å². The van der Waals surface area contributed by atoms with Gasteiger partial charge in [-0.3, -0.25) is 0 Å². The molecule has 0 amide bonds. The third-order valence-corrected chi connectivity index (χ3v) is 3.74. The fraction of sp³-hybridized carbons (Fsp3) is 0.467. The molecule has 1 aromatic carbocycles. The van der Waals surface area contributed by atoms with Gasteiger partial charge >= 0.3 is 0 Å². The van der Waals surface area contributed by atoms with Crippen molar-refractivity contribution in [1.82, 2.24) is 15.5 Å². The fourth-order valence-electron chi connectivity index (χ4n) is 2.63. The van der Waals surface area contributed by atoms with Crippen LogP contribution in [0.25, 0.3) is 0 Å². The first-order chi connectivity index (χ1) is 10.2. The van der Waals surface area contributed by atoms with Gasteiger partial charge in [-0.15, -0.1) is 0 Å². The summed E-state index contributed by atoms with van der Waals surface area (Å²) >= 11 is 0. The fourth-order valence-corrected chi connectivity index (χ4v) is 2.63. The number of piperidine rings is 1. The first-order valence-electron chi connectivity index (χ1n) is 7.17. The molecule has 2 heterocycles. The molecule has 21 heavy (non-hydrogen) atoms. The third-order valence-electron chi connectivity index (χ3n) is 3.74. The van der Waals surface area contributed by atoms with Crippen molar-refractivity contribution in [2.45, 2.75) is 25.7 Å². The van der Waals surface area contributed by atoms with Crippen LogP contribution in [0.1, 0.15) is 30.1 Å². The van der Waals surface area contributed by atoms with Gasteiger partial charge in [-0.1, -0.05) is 11.2 Å². The quantitative estimate of drug-likeness (QED) is 0.941. The van der Waals surface area contributed by atoms with E-state index in [-0.39, 0.29) is 6.42 Å². The summed E-state index contributed by atoms with van der Waals surface area (Å²) < 4.78 is 31.7. The number of halogens is 2. The summed E-state index contributed by atoms with van der Waals surface area (Å²) in [6.45, 7) is 2.03. The monoisotopic (exact) mass is 293 g/mol. The summed E-state index contributed by atoms with van der Waals surface area (Å²) in [5.41, 5.74) is 0.364. The van der Waals surface area contributed by atoms with Gasteiger partial charge in [0.15, 0.2) is 5.82 Å². The van der Waals surface area contributed by atoms with Gasteiger partial charge in [0.2, 0.25) is 5.89 Å². The van der Waals surface area contributed by atoms with E-state index in [1.54, 1.807) is 0 Å². The predicted molar refractivity (Wildman–Crippen MR) is 72.8 cm³/mol. The number of rotatable bonds is 4. The summed E-state index contributed by atoms with van der Waals surface area (Å²) in [5, 5.41) is 7.21. The molecule has 0 spiro atoms. The minimum absolute atomic E-state index is 0.207. The molecule has 2 aromatic rings. The predicted octanol–water partition coefficient (Wildman–Crippen LogP) is 2.48. The molecule has 0 bridgehead atoms. The second kappa shape index (κ2) is 6.30. The van der Waals surface area contributed by atoms with Gasteiger partial charge in [-0.25, -0.2) is 8.78 Å². The molecule has 4 nitrogen and oxygen atoms in total. The molecule has 1 aromatic heterocycles. The Labute approximate surface area is 121 Å². The Kier molecular flexibility index (Phi) is 4.24. The lowest BCUT2D eigenvalue weighted by atomic mass is 9.96. The van der Waals surface area contributed by atoms with Crippen LogP contribution in [0.3, 0.4) is 0 Å². The second-order valence-corrected chi connectivity index (χ2v) is 5.43. The zero-order valence-corrected chi connectivity index (χ0v) is 11.6. The van der Waals surface area contributed by atoms with Crippen molar-refractivity contribution in [2.24, 2.45) is 5.92 Å². The topological polar surface area (TPSA) is 51.0 Å². The molecule has 1 N–H and O–H groups in total. The number of hydrogen-bond donors (Lipinski definition) is 1. The van der Waals surface area contributed by atoms with E-state index in [1.807, 2.05) is 0 Å². The number of nitrogens with one attached hydrogen (secondary N) is 1. The highest BCUT2D eigenvalue weighted by Gasteiger charge is 2.17. The molecular formula is C15H17F2N3O. The normalized spacial score (nSPS) is 18.9. The minimum atomic E-state index is -0.588. The van der Waals surface area contributed by atoms with Crippen molar-refractivity contribution >= 4 is 0 Å². The third kappa shape index (κ3) is 3.64. The standard InChI is InChI=1S/C15H17F2N3O/c16-12-4-3-11(13(17)8-12)7-14-19-15(21-20-14)6-10-2-1-5-18-9-10/h3-4,8,10,18H,1-2,5-7,9H2. The van der Waals surface area contributed by atoms with Gasteiger partial charge < -0.3 is 9.84 Å². The Morgan fingerprint density at radius 3 is 3.00 bits per heavy atom. The number of hydrogen-bond acceptors (Lipinski definition) is 4. The first-order valence-corrected chi connectivity index (χ1v) is 7.17. The first kappa shape index (κ1) is 14.1. The molecule has 6 heteroatoms. The Morgan fingerprint density at radius 1 is 1.33 bits per heavy atom. The van der Waals surface area contributed by atoms with Crippen molar-refractivity contribution in [2.75, 3.05) is 13.1 Å². The molecule has 1 unspecified atom stereocenters. The molecule has 112 valence electrons. The van der Waals surface area contributed by atoms with Crippen molar-refractivity contribution in [3.05, 3.63) is 47.1 Å². The smallest absolute Gasteiger partial charge is 0.226 e. The van der Waals surface area contributed by atoms with Crippen LogP contribution in [0.15, 0.2) is 22.7 Å². The van der Waals surface area contributed by atoms with E-state index in [2.05, 4.69) is 15.5 Å². The highest BCUT2D eigenvalue weighted by molar-refractivity contribution is 5.21. The van der Waals surface area contributed by atoms with Gasteiger partial charge in [-0.2, -0.15) is 4.98 Å². The molecular weight excluding hydrogens is 276 g/mol. The SMILES string of the molecule is Fc1ccc(Cc2noc(CC3CCCNC3)n2)c(F)c1. The molecule has 1 fully saturated rings. The van der Waals surface area contributed by atoms with Crippen molar-refractivity contribution in [1.29, 1.82) is 0 Å². The Bertz CT molecular complexity index is 609. The van der Waals surface area contributed by atoms with Crippen LogP contribution in [0.4, 0.5) is 8.78 Å². The van der Waals surface area contributed by atoms with E-state index in [0.717, 1.165) is 38.4 Å². The van der Waals surface area contributed by atoms with E-state index in [0.29, 0.717) is 23.2 Å². The van der Waals surface area contributed by atoms with E-state index >= 15 is 0 Å². The van der Waals surface area contributed by atoms with Crippen LogP contribution in [-0.2, 0) is 12.8 Å². The maximum Gasteiger partial charge on any atom is 0.226 e. The van der Waals surface area contributed by atoms with Gasteiger partial charge in [0, 0.05) is 18.9 Å². The van der Waals surface area contributed by atoms with E-state index in [4.69, 9.17) is 4.52 Å². The van der Waals surface area contributed by atoms with Crippen LogP contribution in [-0.4, -0.2) is 23.2 Å². The number of benzene rings is 1. The Balaban J connectivity index is 1.64. The average molecular weight is 293 g/mol. The molecule has 0 saturated carbocycles. The molecule has 0 aliphatic carbocycles. The van der Waals surface area contributed by atoms with Crippen molar-refractivity contribution in [3.63, 3.8) is 0 Å². The maximum absolute atomic E-state index is 13.6. The van der Waals surface area contributed by atoms with E-state index < -0.39 is 11.6 Å². The summed E-state index contributed by atoms with van der Waals surface area (Å²) in [7, 11) is 0. The zero-order valence-electron chi connectivity index (χ0n) is 11.6. The van der Waals surface area contributed by atoms with E-state index in [9.17, 15) is 8.78 Å². The van der Waals surface area contributed by atoms with Crippen molar-refractivity contribution < 1.29 is 13.3 Å². The molecule has 3 rings (SSSR count). The van der Waals surface area contributed by atoms with Gasteiger partial charge in [0.25, 0.3) is 0 Å². The lowest BCUT2D eigenvalue weighted by Crippen LogP contribution is -2.30. The van der Waals surface area contributed by atoms with Gasteiger partial charge in [0.1, 0.15) is 11.6 Å². The summed E-state index contributed by atoms with van der Waals surface area (Å²) in [5.74, 6) is 0.350. The maximum atomic E-state index is 13.6. The van der Waals surface area contributed by atoms with E-state index in [1.165, 1.54) is 12.1 Å². The average Bonchev–Trinajstić information content (AvgIpc) is 2.90. The van der Waals surface area contributed by atoms with Crippen LogP contribution < -0.4 is 5.32 Å². The van der Waals surface area contributed by atoms with Crippen LogP contribution in [0.2, 0.25) is 0 Å².